The number of carbonyl (C=O) groups excluding carboxylic acids is 2. The molecule has 1 aliphatic rings. The van der Waals surface area contributed by atoms with Crippen molar-refractivity contribution < 1.29 is 14.7 Å². The fraction of sp³-hybridized carbons (Fsp3) is 0. The molecule has 0 spiro atoms. The third kappa shape index (κ3) is 1.26. The van der Waals surface area contributed by atoms with Crippen LogP contribution in [0, 0.1) is 0 Å². The van der Waals surface area contributed by atoms with Gasteiger partial charge in [0, 0.05) is 22.4 Å². The molecule has 1 aliphatic carbocycles. The molecule has 0 unspecified atom stereocenters. The van der Waals surface area contributed by atoms with Crippen molar-refractivity contribution in [2.45, 2.75) is 0 Å². The van der Waals surface area contributed by atoms with Gasteiger partial charge >= 0.3 is 0 Å². The molecule has 0 atom stereocenters. The van der Waals surface area contributed by atoms with Crippen molar-refractivity contribution in [3.63, 3.8) is 0 Å². The Hall–Kier alpha value is -2.62. The van der Waals surface area contributed by atoms with Gasteiger partial charge in [0.25, 0.3) is 0 Å². The van der Waals surface area contributed by atoms with E-state index in [9.17, 15) is 14.7 Å². The van der Waals surface area contributed by atoms with Crippen LogP contribution < -0.4 is 5.73 Å². The molecule has 0 aromatic heterocycles. The van der Waals surface area contributed by atoms with Gasteiger partial charge < -0.3 is 10.8 Å². The fourth-order valence-corrected chi connectivity index (χ4v) is 2.21. The number of phenols is 1. The molecule has 0 saturated carbocycles. The largest absolute Gasteiger partial charge is 0.508 e. The summed E-state index contributed by atoms with van der Waals surface area (Å²) in [5.41, 5.74) is 7.10. The maximum atomic E-state index is 12.3. The second-order valence-corrected chi connectivity index (χ2v) is 4.16. The van der Waals surface area contributed by atoms with Crippen LogP contribution in [0.25, 0.3) is 0 Å². The van der Waals surface area contributed by atoms with E-state index in [2.05, 4.69) is 0 Å². The van der Waals surface area contributed by atoms with Crippen molar-refractivity contribution in [3.05, 3.63) is 58.7 Å². The van der Waals surface area contributed by atoms with Gasteiger partial charge in [-0.25, -0.2) is 0 Å². The Morgan fingerprint density at radius 3 is 2.44 bits per heavy atom. The lowest BCUT2D eigenvalue weighted by Crippen LogP contribution is -2.22. The summed E-state index contributed by atoms with van der Waals surface area (Å²) >= 11 is 0. The highest BCUT2D eigenvalue weighted by molar-refractivity contribution is 6.30. The van der Waals surface area contributed by atoms with Crippen LogP contribution in [0.15, 0.2) is 36.4 Å². The average Bonchev–Trinajstić information content (AvgIpc) is 2.35. The van der Waals surface area contributed by atoms with E-state index in [-0.39, 0.29) is 39.6 Å². The van der Waals surface area contributed by atoms with E-state index in [1.54, 1.807) is 18.2 Å². The van der Waals surface area contributed by atoms with Crippen molar-refractivity contribution in [3.8, 4) is 5.75 Å². The summed E-state index contributed by atoms with van der Waals surface area (Å²) in [4.78, 5) is 24.5. The van der Waals surface area contributed by atoms with Crippen molar-refractivity contribution in [1.82, 2.24) is 0 Å². The Bertz CT molecular complexity index is 700. The fourth-order valence-electron chi connectivity index (χ4n) is 2.21. The lowest BCUT2D eigenvalue weighted by molar-refractivity contribution is 0.0979. The summed E-state index contributed by atoms with van der Waals surface area (Å²) in [5, 5.41) is 9.41. The molecule has 0 fully saturated rings. The first-order valence-electron chi connectivity index (χ1n) is 5.40. The minimum Gasteiger partial charge on any atom is -0.508 e. The van der Waals surface area contributed by atoms with Crippen LogP contribution in [0.4, 0.5) is 5.69 Å². The molecular weight excluding hydrogens is 230 g/mol. The van der Waals surface area contributed by atoms with Crippen molar-refractivity contribution >= 4 is 17.3 Å². The lowest BCUT2D eigenvalue weighted by Gasteiger charge is -2.18. The summed E-state index contributed by atoms with van der Waals surface area (Å²) in [5.74, 6) is -0.609. The zero-order valence-corrected chi connectivity index (χ0v) is 9.31. The first-order chi connectivity index (χ1) is 8.59. The van der Waals surface area contributed by atoms with Crippen molar-refractivity contribution in [2.24, 2.45) is 0 Å². The Morgan fingerprint density at radius 1 is 0.889 bits per heavy atom. The molecule has 3 N–H and O–H groups in total. The third-order valence-electron chi connectivity index (χ3n) is 3.06. The first-order valence-corrected chi connectivity index (χ1v) is 5.40. The molecular formula is C14H9NO3. The van der Waals surface area contributed by atoms with E-state index in [0.29, 0.717) is 5.69 Å². The van der Waals surface area contributed by atoms with Crippen molar-refractivity contribution in [2.75, 3.05) is 5.73 Å². The van der Waals surface area contributed by atoms with Crippen LogP contribution in [0.1, 0.15) is 31.8 Å². The number of anilines is 1. The number of hydrogen-bond donors (Lipinski definition) is 2. The Labute approximate surface area is 103 Å². The highest BCUT2D eigenvalue weighted by Crippen LogP contribution is 2.32. The topological polar surface area (TPSA) is 80.4 Å². The second-order valence-electron chi connectivity index (χ2n) is 4.16. The molecule has 88 valence electrons. The normalized spacial score (nSPS) is 13.1. The predicted molar refractivity (Wildman–Crippen MR) is 65.8 cm³/mol. The number of hydrogen-bond acceptors (Lipinski definition) is 4. The highest BCUT2D eigenvalue weighted by Gasteiger charge is 2.31. The number of carbonyl (C=O) groups is 2. The number of nitrogens with two attached hydrogens (primary N) is 1. The average molecular weight is 239 g/mol. The van der Waals surface area contributed by atoms with Crippen LogP contribution >= 0.6 is 0 Å². The van der Waals surface area contributed by atoms with E-state index in [4.69, 9.17) is 5.73 Å². The molecule has 0 radical (unpaired) electrons. The summed E-state index contributed by atoms with van der Waals surface area (Å²) < 4.78 is 0. The van der Waals surface area contributed by atoms with Crippen molar-refractivity contribution in [1.29, 1.82) is 0 Å². The number of fused-ring (bicyclic) bond motifs is 2. The molecule has 3 rings (SSSR count). The van der Waals surface area contributed by atoms with Crippen LogP contribution in [-0.4, -0.2) is 16.7 Å². The zero-order valence-electron chi connectivity index (χ0n) is 9.31. The Balaban J connectivity index is 2.35. The summed E-state index contributed by atoms with van der Waals surface area (Å²) in [7, 11) is 0. The smallest absolute Gasteiger partial charge is 0.196 e. The van der Waals surface area contributed by atoms with Gasteiger partial charge in [-0.2, -0.15) is 0 Å². The minimum absolute atomic E-state index is 0.0396. The van der Waals surface area contributed by atoms with E-state index in [0.717, 1.165) is 0 Å². The molecule has 18 heavy (non-hydrogen) atoms. The number of nitrogen functional groups attached to an aromatic ring is 1. The summed E-state index contributed by atoms with van der Waals surface area (Å²) in [6.45, 7) is 0. The van der Waals surface area contributed by atoms with Crippen LogP contribution in [-0.2, 0) is 0 Å². The van der Waals surface area contributed by atoms with Gasteiger partial charge in [-0.3, -0.25) is 9.59 Å². The quantitative estimate of drug-likeness (QED) is 0.585. The number of ketones is 2. The van der Waals surface area contributed by atoms with Gasteiger partial charge in [-0.1, -0.05) is 12.1 Å². The Morgan fingerprint density at radius 2 is 1.67 bits per heavy atom. The maximum Gasteiger partial charge on any atom is 0.196 e. The second kappa shape index (κ2) is 3.43. The van der Waals surface area contributed by atoms with Gasteiger partial charge in [0.1, 0.15) is 5.75 Å². The van der Waals surface area contributed by atoms with Gasteiger partial charge in [0.2, 0.25) is 0 Å². The third-order valence-corrected chi connectivity index (χ3v) is 3.06. The number of benzene rings is 2. The minimum atomic E-state index is -0.289. The van der Waals surface area contributed by atoms with Gasteiger partial charge in [-0.15, -0.1) is 0 Å². The molecule has 4 nitrogen and oxygen atoms in total. The van der Waals surface area contributed by atoms with Crippen LogP contribution in [0.2, 0.25) is 0 Å². The van der Waals surface area contributed by atoms with Crippen LogP contribution in [0.3, 0.4) is 0 Å². The van der Waals surface area contributed by atoms with E-state index in [1.807, 2.05) is 0 Å². The maximum absolute atomic E-state index is 12.3. The number of aromatic hydroxyl groups is 1. The summed E-state index contributed by atoms with van der Waals surface area (Å²) in [6, 6.07) is 8.93. The Kier molecular flexibility index (Phi) is 2.01. The van der Waals surface area contributed by atoms with Crippen LogP contribution in [0.5, 0.6) is 5.75 Å². The molecule has 0 heterocycles. The van der Waals surface area contributed by atoms with E-state index in [1.165, 1.54) is 18.2 Å². The van der Waals surface area contributed by atoms with Gasteiger partial charge in [-0.05, 0) is 24.3 Å². The van der Waals surface area contributed by atoms with E-state index >= 15 is 0 Å². The van der Waals surface area contributed by atoms with E-state index < -0.39 is 0 Å². The molecule has 0 aliphatic heterocycles. The molecule has 0 saturated heterocycles. The first kappa shape index (κ1) is 10.5. The number of phenolic OH excluding ortho intramolecular Hbond substituents is 1. The SMILES string of the molecule is Nc1cccc2c1C(=O)c1ccc(O)cc1C2=O. The monoisotopic (exact) mass is 239 g/mol. The standard InChI is InChI=1S/C14H9NO3/c15-11-3-1-2-9-12(11)14(18)8-5-4-7(16)6-10(8)13(9)17/h1-6,16H,15H2. The highest BCUT2D eigenvalue weighted by atomic mass is 16.3. The zero-order chi connectivity index (χ0) is 12.9. The molecule has 0 amide bonds. The van der Waals surface area contributed by atoms with Gasteiger partial charge in [0.05, 0.1) is 5.56 Å². The molecule has 2 aromatic rings. The van der Waals surface area contributed by atoms with Gasteiger partial charge in [0.15, 0.2) is 11.6 Å². The number of rotatable bonds is 0. The molecule has 0 bridgehead atoms. The summed E-state index contributed by atoms with van der Waals surface area (Å²) in [6.07, 6.45) is 0. The molecule has 4 heteroatoms. The molecule has 2 aromatic carbocycles. The predicted octanol–water partition coefficient (Wildman–Crippen LogP) is 1.75. The lowest BCUT2D eigenvalue weighted by atomic mass is 9.83.